The van der Waals surface area contributed by atoms with E-state index < -0.39 is 0 Å². The highest BCUT2D eigenvalue weighted by Crippen LogP contribution is 2.10. The maximum atomic E-state index is 4.32. The molecule has 0 aliphatic heterocycles. The van der Waals surface area contributed by atoms with Crippen molar-refractivity contribution in [1.29, 1.82) is 0 Å². The van der Waals surface area contributed by atoms with Crippen molar-refractivity contribution in [2.24, 2.45) is 0 Å². The average Bonchev–Trinajstić information content (AvgIpc) is 2.03. The van der Waals surface area contributed by atoms with Crippen LogP contribution in [-0.4, -0.2) is 23.5 Å². The van der Waals surface area contributed by atoms with Gasteiger partial charge in [0.25, 0.3) is 0 Å². The number of nitrogens with zero attached hydrogens (tertiary/aromatic N) is 1. The van der Waals surface area contributed by atoms with Crippen LogP contribution in [0, 0.1) is 13.8 Å². The molecule has 72 valence electrons. The Labute approximate surface area is 84.1 Å². The smallest absolute Gasteiger partial charge is 0.0396 e. The summed E-state index contributed by atoms with van der Waals surface area (Å²) in [5.41, 5.74) is 3.33. The first-order valence-electron chi connectivity index (χ1n) is 4.40. The molecule has 0 saturated carbocycles. The van der Waals surface area contributed by atoms with E-state index >= 15 is 0 Å². The van der Waals surface area contributed by atoms with Crippen molar-refractivity contribution in [3.63, 3.8) is 0 Å². The summed E-state index contributed by atoms with van der Waals surface area (Å²) in [6.45, 7) is 5.06. The molecule has 0 unspecified atom stereocenters. The molecule has 1 N–H and O–H groups in total. The zero-order valence-corrected chi connectivity index (χ0v) is 9.24. The molecule has 0 radical (unpaired) electrons. The first kappa shape index (κ1) is 10.4. The molecule has 0 aliphatic carbocycles. The van der Waals surface area contributed by atoms with Crippen LogP contribution < -0.4 is 5.32 Å². The largest absolute Gasteiger partial charge is 0.384 e. The van der Waals surface area contributed by atoms with Crippen LogP contribution in [0.5, 0.6) is 0 Å². The molecule has 0 fully saturated rings. The van der Waals surface area contributed by atoms with Crippen molar-refractivity contribution < 1.29 is 0 Å². The fraction of sp³-hybridized carbons (Fsp3) is 0.500. The minimum Gasteiger partial charge on any atom is -0.384 e. The van der Waals surface area contributed by atoms with Crippen LogP contribution in [-0.2, 0) is 0 Å². The van der Waals surface area contributed by atoms with E-state index in [-0.39, 0.29) is 0 Å². The Bertz CT molecular complexity index is 253. The minimum atomic E-state index is 1.02. The Morgan fingerprint density at radius 3 is 2.46 bits per heavy atom. The van der Waals surface area contributed by atoms with Crippen molar-refractivity contribution in [2.45, 2.75) is 13.8 Å². The molecule has 1 aromatic heterocycles. The van der Waals surface area contributed by atoms with Crippen LogP contribution in [0.4, 0.5) is 5.69 Å². The lowest BCUT2D eigenvalue weighted by molar-refractivity contribution is 1.11. The second kappa shape index (κ2) is 5.12. The van der Waals surface area contributed by atoms with E-state index in [2.05, 4.69) is 28.7 Å². The Morgan fingerprint density at radius 2 is 1.92 bits per heavy atom. The monoisotopic (exact) mass is 196 g/mol. The quantitative estimate of drug-likeness (QED) is 0.749. The number of pyridine rings is 1. The van der Waals surface area contributed by atoms with Gasteiger partial charge in [-0.25, -0.2) is 0 Å². The van der Waals surface area contributed by atoms with Crippen molar-refractivity contribution in [3.05, 3.63) is 23.5 Å². The van der Waals surface area contributed by atoms with E-state index in [9.17, 15) is 0 Å². The second-order valence-corrected chi connectivity index (χ2v) is 4.04. The first-order chi connectivity index (χ1) is 6.22. The standard InChI is InChI=1S/C10H16N2S/c1-8-6-10(7-9(2)12-8)11-4-5-13-3/h6-7H,4-5H2,1-3H3,(H,11,12). The number of aromatic nitrogens is 1. The molecule has 0 spiro atoms. The Hall–Kier alpha value is -0.700. The van der Waals surface area contributed by atoms with E-state index in [4.69, 9.17) is 0 Å². The number of rotatable bonds is 4. The molecule has 3 heteroatoms. The van der Waals surface area contributed by atoms with Gasteiger partial charge in [0.2, 0.25) is 0 Å². The summed E-state index contributed by atoms with van der Waals surface area (Å²) in [5.74, 6) is 1.14. The van der Waals surface area contributed by atoms with E-state index in [1.165, 1.54) is 5.69 Å². The fourth-order valence-electron chi connectivity index (χ4n) is 1.23. The van der Waals surface area contributed by atoms with Gasteiger partial charge in [0.05, 0.1) is 0 Å². The summed E-state index contributed by atoms with van der Waals surface area (Å²) in [7, 11) is 0. The highest BCUT2D eigenvalue weighted by atomic mass is 32.2. The number of thioether (sulfide) groups is 1. The van der Waals surface area contributed by atoms with E-state index in [0.29, 0.717) is 0 Å². The Kier molecular flexibility index (Phi) is 4.09. The number of anilines is 1. The molecule has 0 aromatic carbocycles. The van der Waals surface area contributed by atoms with Gasteiger partial charge in [-0.15, -0.1) is 0 Å². The molecule has 1 rings (SSSR count). The van der Waals surface area contributed by atoms with Gasteiger partial charge in [-0.05, 0) is 32.2 Å². The third-order valence-corrected chi connectivity index (χ3v) is 2.33. The van der Waals surface area contributed by atoms with Crippen molar-refractivity contribution in [2.75, 3.05) is 23.9 Å². The molecule has 2 nitrogen and oxygen atoms in total. The molecule has 0 bridgehead atoms. The first-order valence-corrected chi connectivity index (χ1v) is 5.80. The van der Waals surface area contributed by atoms with Gasteiger partial charge in [-0.2, -0.15) is 11.8 Å². The number of hydrogen-bond acceptors (Lipinski definition) is 3. The fourth-order valence-corrected chi connectivity index (χ4v) is 1.54. The van der Waals surface area contributed by atoms with Crippen LogP contribution in [0.3, 0.4) is 0 Å². The summed E-state index contributed by atoms with van der Waals surface area (Å²) >= 11 is 1.85. The number of aryl methyl sites for hydroxylation is 2. The summed E-state index contributed by atoms with van der Waals surface area (Å²) < 4.78 is 0. The van der Waals surface area contributed by atoms with Crippen molar-refractivity contribution >= 4 is 17.4 Å². The topological polar surface area (TPSA) is 24.9 Å². The second-order valence-electron chi connectivity index (χ2n) is 3.06. The van der Waals surface area contributed by atoms with Crippen molar-refractivity contribution in [3.8, 4) is 0 Å². The van der Waals surface area contributed by atoms with Crippen LogP contribution in [0.15, 0.2) is 12.1 Å². The van der Waals surface area contributed by atoms with E-state index in [1.807, 2.05) is 25.6 Å². The Morgan fingerprint density at radius 1 is 1.31 bits per heavy atom. The minimum absolute atomic E-state index is 1.02. The summed E-state index contributed by atoms with van der Waals surface area (Å²) in [6.07, 6.45) is 2.12. The molecule has 13 heavy (non-hydrogen) atoms. The molecule has 1 aromatic rings. The maximum Gasteiger partial charge on any atom is 0.0396 e. The molecule has 0 atom stereocenters. The zero-order chi connectivity index (χ0) is 9.68. The predicted molar refractivity (Wildman–Crippen MR) is 60.6 cm³/mol. The highest BCUT2D eigenvalue weighted by Gasteiger charge is 1.95. The van der Waals surface area contributed by atoms with Gasteiger partial charge in [-0.3, -0.25) is 4.98 Å². The van der Waals surface area contributed by atoms with Gasteiger partial charge in [0.1, 0.15) is 0 Å². The van der Waals surface area contributed by atoms with Crippen LogP contribution in [0.25, 0.3) is 0 Å². The predicted octanol–water partition coefficient (Wildman–Crippen LogP) is 2.47. The molecular weight excluding hydrogens is 180 g/mol. The van der Waals surface area contributed by atoms with Gasteiger partial charge < -0.3 is 5.32 Å². The number of nitrogens with one attached hydrogen (secondary N) is 1. The lowest BCUT2D eigenvalue weighted by Crippen LogP contribution is -2.04. The highest BCUT2D eigenvalue weighted by molar-refractivity contribution is 7.98. The lowest BCUT2D eigenvalue weighted by atomic mass is 10.3. The summed E-state index contributed by atoms with van der Waals surface area (Å²) in [5, 5.41) is 3.37. The van der Waals surface area contributed by atoms with Gasteiger partial charge >= 0.3 is 0 Å². The van der Waals surface area contributed by atoms with Crippen LogP contribution >= 0.6 is 11.8 Å². The summed E-state index contributed by atoms with van der Waals surface area (Å²) in [4.78, 5) is 4.32. The van der Waals surface area contributed by atoms with E-state index in [1.54, 1.807) is 0 Å². The molecular formula is C10H16N2S. The lowest BCUT2D eigenvalue weighted by Gasteiger charge is -2.06. The third-order valence-electron chi connectivity index (χ3n) is 1.72. The van der Waals surface area contributed by atoms with Crippen LogP contribution in [0.2, 0.25) is 0 Å². The third kappa shape index (κ3) is 3.68. The zero-order valence-electron chi connectivity index (χ0n) is 8.42. The summed E-state index contributed by atoms with van der Waals surface area (Å²) in [6, 6.07) is 4.15. The average molecular weight is 196 g/mol. The normalized spacial score (nSPS) is 10.1. The van der Waals surface area contributed by atoms with Gasteiger partial charge in [0.15, 0.2) is 0 Å². The molecule has 0 aliphatic rings. The van der Waals surface area contributed by atoms with E-state index in [0.717, 1.165) is 23.7 Å². The number of hydrogen-bond donors (Lipinski definition) is 1. The van der Waals surface area contributed by atoms with Crippen molar-refractivity contribution in [1.82, 2.24) is 4.98 Å². The molecule has 0 amide bonds. The molecule has 1 heterocycles. The maximum absolute atomic E-state index is 4.32. The van der Waals surface area contributed by atoms with Gasteiger partial charge in [-0.1, -0.05) is 0 Å². The molecule has 0 saturated heterocycles. The Balaban J connectivity index is 2.56. The van der Waals surface area contributed by atoms with Gasteiger partial charge in [0, 0.05) is 29.4 Å². The SMILES string of the molecule is CSCCNc1cc(C)nc(C)c1. The van der Waals surface area contributed by atoms with Crippen LogP contribution in [0.1, 0.15) is 11.4 Å².